The predicted octanol–water partition coefficient (Wildman–Crippen LogP) is 2.17. The Morgan fingerprint density at radius 2 is 1.94 bits per heavy atom. The number of fused-ring (bicyclic) bond motifs is 1. The van der Waals surface area contributed by atoms with E-state index in [4.69, 9.17) is 0 Å². The number of nitrogens with zero attached hydrogens (tertiary/aromatic N) is 1. The molecule has 1 N–H and O–H groups in total. The fraction of sp³-hybridized carbons (Fsp3) is 0.933. The number of hydrogen-bond acceptors (Lipinski definition) is 2. The molecule has 3 fully saturated rings. The van der Waals surface area contributed by atoms with Crippen LogP contribution < -0.4 is 5.32 Å². The monoisotopic (exact) mass is 250 g/mol. The van der Waals surface area contributed by atoms with Crippen molar-refractivity contribution in [2.75, 3.05) is 19.6 Å². The van der Waals surface area contributed by atoms with E-state index in [1.165, 1.54) is 38.5 Å². The van der Waals surface area contributed by atoms with Crippen LogP contribution in [0.3, 0.4) is 0 Å². The smallest absolute Gasteiger partial charge is 0.222 e. The Morgan fingerprint density at radius 1 is 1.11 bits per heavy atom. The Morgan fingerprint density at radius 3 is 2.72 bits per heavy atom. The minimum Gasteiger partial charge on any atom is -0.341 e. The highest BCUT2D eigenvalue weighted by molar-refractivity contribution is 5.76. The van der Waals surface area contributed by atoms with Crippen molar-refractivity contribution in [3.05, 3.63) is 0 Å². The van der Waals surface area contributed by atoms with E-state index < -0.39 is 0 Å². The van der Waals surface area contributed by atoms with Crippen LogP contribution in [0.15, 0.2) is 0 Å². The Bertz CT molecular complexity index is 287. The molecule has 0 aromatic carbocycles. The summed E-state index contributed by atoms with van der Waals surface area (Å²) in [6.45, 7) is 3.13. The van der Waals surface area contributed by atoms with Crippen molar-refractivity contribution in [3.8, 4) is 0 Å². The molecule has 102 valence electrons. The molecule has 3 rings (SSSR count). The molecule has 3 heteroatoms. The predicted molar refractivity (Wildman–Crippen MR) is 72.3 cm³/mol. The normalized spacial score (nSPS) is 32.8. The molecule has 3 nitrogen and oxygen atoms in total. The number of carbonyl (C=O) groups is 1. The molecule has 0 spiro atoms. The SMILES string of the molecule is O=C(CCC1CCCCC1)N1C[C@H]2CCN[C@H]2C1. The summed E-state index contributed by atoms with van der Waals surface area (Å²) in [7, 11) is 0. The zero-order valence-corrected chi connectivity index (χ0v) is 11.4. The summed E-state index contributed by atoms with van der Waals surface area (Å²) in [4.78, 5) is 14.3. The molecule has 2 atom stereocenters. The van der Waals surface area contributed by atoms with Gasteiger partial charge in [-0.1, -0.05) is 32.1 Å². The standard InChI is InChI=1S/C15H26N2O/c18-15(7-6-12-4-2-1-3-5-12)17-10-13-8-9-16-14(13)11-17/h12-14,16H,1-11H2/t13-,14+/m1/s1. The van der Waals surface area contributed by atoms with Gasteiger partial charge in [-0.15, -0.1) is 0 Å². The summed E-state index contributed by atoms with van der Waals surface area (Å²) in [5, 5.41) is 3.51. The molecule has 0 unspecified atom stereocenters. The van der Waals surface area contributed by atoms with Gasteiger partial charge in [-0.05, 0) is 31.2 Å². The van der Waals surface area contributed by atoms with Crippen LogP contribution in [0.4, 0.5) is 0 Å². The van der Waals surface area contributed by atoms with E-state index in [9.17, 15) is 4.79 Å². The minimum atomic E-state index is 0.414. The van der Waals surface area contributed by atoms with Crippen LogP contribution in [0, 0.1) is 11.8 Å². The van der Waals surface area contributed by atoms with Gasteiger partial charge >= 0.3 is 0 Å². The Labute approximate surface area is 110 Å². The molecule has 2 saturated heterocycles. The van der Waals surface area contributed by atoms with Crippen molar-refractivity contribution >= 4 is 5.91 Å². The zero-order valence-electron chi connectivity index (χ0n) is 11.4. The van der Waals surface area contributed by atoms with Crippen molar-refractivity contribution < 1.29 is 4.79 Å². The number of amides is 1. The van der Waals surface area contributed by atoms with E-state index in [1.54, 1.807) is 0 Å². The molecule has 1 aliphatic carbocycles. The first-order valence-corrected chi connectivity index (χ1v) is 7.84. The molecule has 2 heterocycles. The lowest BCUT2D eigenvalue weighted by molar-refractivity contribution is -0.130. The molecule has 0 aromatic rings. The lowest BCUT2D eigenvalue weighted by atomic mass is 9.86. The topological polar surface area (TPSA) is 32.3 Å². The summed E-state index contributed by atoms with van der Waals surface area (Å²) in [5.74, 6) is 1.99. The summed E-state index contributed by atoms with van der Waals surface area (Å²) < 4.78 is 0. The summed E-state index contributed by atoms with van der Waals surface area (Å²) in [6.07, 6.45) is 10.1. The average Bonchev–Trinajstić information content (AvgIpc) is 2.98. The van der Waals surface area contributed by atoms with Gasteiger partial charge in [-0.3, -0.25) is 4.79 Å². The molecule has 2 aliphatic heterocycles. The quantitative estimate of drug-likeness (QED) is 0.832. The van der Waals surface area contributed by atoms with E-state index in [-0.39, 0.29) is 0 Å². The van der Waals surface area contributed by atoms with Crippen LogP contribution in [0.5, 0.6) is 0 Å². The Kier molecular flexibility index (Phi) is 3.88. The first-order valence-electron chi connectivity index (χ1n) is 7.84. The lowest BCUT2D eigenvalue weighted by Crippen LogP contribution is -2.34. The molecule has 1 amide bonds. The van der Waals surface area contributed by atoms with E-state index in [0.717, 1.165) is 44.3 Å². The average molecular weight is 250 g/mol. The van der Waals surface area contributed by atoms with Crippen LogP contribution in [-0.2, 0) is 4.79 Å². The van der Waals surface area contributed by atoms with Crippen LogP contribution in [0.1, 0.15) is 51.4 Å². The second kappa shape index (κ2) is 5.60. The van der Waals surface area contributed by atoms with Gasteiger partial charge in [0.05, 0.1) is 0 Å². The Hall–Kier alpha value is -0.570. The lowest BCUT2D eigenvalue weighted by Gasteiger charge is -2.23. The third-order valence-corrected chi connectivity index (χ3v) is 5.21. The first-order chi connectivity index (χ1) is 8.83. The first kappa shape index (κ1) is 12.5. The number of likely N-dealkylation sites (tertiary alicyclic amines) is 1. The second-order valence-electron chi connectivity index (χ2n) is 6.45. The van der Waals surface area contributed by atoms with Gasteiger partial charge in [0, 0.05) is 25.6 Å². The van der Waals surface area contributed by atoms with Crippen LogP contribution in [0.25, 0.3) is 0 Å². The van der Waals surface area contributed by atoms with E-state index in [0.29, 0.717) is 11.9 Å². The van der Waals surface area contributed by atoms with Gasteiger partial charge in [0.25, 0.3) is 0 Å². The molecule has 0 bridgehead atoms. The van der Waals surface area contributed by atoms with E-state index in [1.807, 2.05) is 0 Å². The molecule has 1 saturated carbocycles. The van der Waals surface area contributed by atoms with Crippen LogP contribution in [-0.4, -0.2) is 36.5 Å². The molecule has 18 heavy (non-hydrogen) atoms. The van der Waals surface area contributed by atoms with E-state index >= 15 is 0 Å². The highest BCUT2D eigenvalue weighted by Crippen LogP contribution is 2.29. The van der Waals surface area contributed by atoms with Crippen molar-refractivity contribution in [2.24, 2.45) is 11.8 Å². The number of rotatable bonds is 3. The van der Waals surface area contributed by atoms with Crippen molar-refractivity contribution in [3.63, 3.8) is 0 Å². The third kappa shape index (κ3) is 2.71. The number of carbonyl (C=O) groups excluding carboxylic acids is 1. The summed E-state index contributed by atoms with van der Waals surface area (Å²) in [6, 6.07) is 0.601. The molecule has 0 aromatic heterocycles. The maximum atomic E-state index is 12.2. The van der Waals surface area contributed by atoms with Crippen molar-refractivity contribution in [2.45, 2.75) is 57.4 Å². The van der Waals surface area contributed by atoms with Crippen molar-refractivity contribution in [1.82, 2.24) is 10.2 Å². The zero-order chi connectivity index (χ0) is 12.4. The van der Waals surface area contributed by atoms with Gasteiger partial charge < -0.3 is 10.2 Å². The molecular weight excluding hydrogens is 224 g/mol. The van der Waals surface area contributed by atoms with Crippen LogP contribution in [0.2, 0.25) is 0 Å². The summed E-state index contributed by atoms with van der Waals surface area (Å²) in [5.41, 5.74) is 0. The van der Waals surface area contributed by atoms with E-state index in [2.05, 4.69) is 10.2 Å². The third-order valence-electron chi connectivity index (χ3n) is 5.21. The van der Waals surface area contributed by atoms with Gasteiger partial charge in [0.2, 0.25) is 5.91 Å². The van der Waals surface area contributed by atoms with Crippen molar-refractivity contribution in [1.29, 1.82) is 0 Å². The highest BCUT2D eigenvalue weighted by Gasteiger charge is 2.37. The highest BCUT2D eigenvalue weighted by atomic mass is 16.2. The Balaban J connectivity index is 1.41. The van der Waals surface area contributed by atoms with Gasteiger partial charge in [0.1, 0.15) is 0 Å². The largest absolute Gasteiger partial charge is 0.341 e. The van der Waals surface area contributed by atoms with Gasteiger partial charge in [0.15, 0.2) is 0 Å². The van der Waals surface area contributed by atoms with Crippen LogP contribution >= 0.6 is 0 Å². The van der Waals surface area contributed by atoms with Gasteiger partial charge in [-0.25, -0.2) is 0 Å². The molecular formula is C15H26N2O. The fourth-order valence-corrected chi connectivity index (χ4v) is 4.01. The number of hydrogen-bond donors (Lipinski definition) is 1. The maximum Gasteiger partial charge on any atom is 0.222 e. The van der Waals surface area contributed by atoms with Gasteiger partial charge in [-0.2, -0.15) is 0 Å². The number of nitrogens with one attached hydrogen (secondary N) is 1. The minimum absolute atomic E-state index is 0.414. The molecule has 3 aliphatic rings. The fourth-order valence-electron chi connectivity index (χ4n) is 4.01. The summed E-state index contributed by atoms with van der Waals surface area (Å²) >= 11 is 0. The maximum absolute atomic E-state index is 12.2. The second-order valence-corrected chi connectivity index (χ2v) is 6.45. The molecule has 0 radical (unpaired) electrons.